The Morgan fingerprint density at radius 2 is 1.83 bits per heavy atom. The molecular formula is C22H36FIN4O. The zero-order valence-corrected chi connectivity index (χ0v) is 20.1. The molecule has 0 amide bonds. The Kier molecular flexibility index (Phi) is 10.7. The van der Waals surface area contributed by atoms with Crippen LogP contribution in [0.25, 0.3) is 0 Å². The van der Waals surface area contributed by atoms with Gasteiger partial charge in [-0.05, 0) is 57.7 Å². The molecule has 1 aromatic carbocycles. The van der Waals surface area contributed by atoms with E-state index in [0.717, 1.165) is 76.5 Å². The van der Waals surface area contributed by atoms with Gasteiger partial charge in [-0.3, -0.25) is 9.89 Å². The number of aliphatic imine (C=N–C) groups is 1. The third-order valence-corrected chi connectivity index (χ3v) is 5.96. The highest BCUT2D eigenvalue weighted by Gasteiger charge is 2.24. The van der Waals surface area contributed by atoms with Crippen molar-refractivity contribution in [1.29, 1.82) is 0 Å². The van der Waals surface area contributed by atoms with Crippen LogP contribution in [0.15, 0.2) is 29.3 Å². The fraction of sp³-hybridized carbons (Fsp3) is 0.682. The molecule has 2 aliphatic heterocycles. The Morgan fingerprint density at radius 1 is 1.14 bits per heavy atom. The summed E-state index contributed by atoms with van der Waals surface area (Å²) in [5.74, 6) is 1.57. The number of hydrogen-bond acceptors (Lipinski definition) is 3. The summed E-state index contributed by atoms with van der Waals surface area (Å²) in [6.07, 6.45) is 4.83. The number of nitrogens with one attached hydrogen (secondary N) is 1. The maximum absolute atomic E-state index is 13.9. The number of likely N-dealkylation sites (tertiary alicyclic amines) is 2. The number of benzene rings is 1. The minimum absolute atomic E-state index is 0. The molecule has 1 N–H and O–H groups in total. The van der Waals surface area contributed by atoms with Gasteiger partial charge in [-0.25, -0.2) is 4.39 Å². The second-order valence-electron chi connectivity index (χ2n) is 7.88. The highest BCUT2D eigenvalue weighted by Crippen LogP contribution is 2.20. The molecule has 0 atom stereocenters. The quantitative estimate of drug-likeness (QED) is 0.354. The first-order chi connectivity index (χ1) is 13.7. The maximum Gasteiger partial charge on any atom is 0.193 e. The number of guanidine groups is 1. The topological polar surface area (TPSA) is 40.1 Å². The second-order valence-corrected chi connectivity index (χ2v) is 7.88. The molecule has 3 rings (SSSR count). The van der Waals surface area contributed by atoms with E-state index < -0.39 is 0 Å². The summed E-state index contributed by atoms with van der Waals surface area (Å²) in [6.45, 7) is 8.60. The number of ether oxygens (including phenoxy) is 1. The molecule has 0 aromatic heterocycles. The van der Waals surface area contributed by atoms with Gasteiger partial charge >= 0.3 is 0 Å². The molecule has 0 bridgehead atoms. The van der Waals surface area contributed by atoms with E-state index in [4.69, 9.17) is 4.74 Å². The fourth-order valence-electron chi connectivity index (χ4n) is 4.25. The van der Waals surface area contributed by atoms with Crippen molar-refractivity contribution in [3.8, 4) is 0 Å². The lowest BCUT2D eigenvalue weighted by molar-refractivity contribution is 0.0263. The van der Waals surface area contributed by atoms with E-state index in [-0.39, 0.29) is 29.8 Å². The van der Waals surface area contributed by atoms with Crippen molar-refractivity contribution in [2.24, 2.45) is 10.9 Å². The Hall–Kier alpha value is -0.930. The molecule has 2 aliphatic rings. The van der Waals surface area contributed by atoms with Gasteiger partial charge in [0.15, 0.2) is 5.96 Å². The van der Waals surface area contributed by atoms with E-state index >= 15 is 0 Å². The summed E-state index contributed by atoms with van der Waals surface area (Å²) in [7, 11) is 1.87. The minimum atomic E-state index is -0.0943. The first-order valence-electron chi connectivity index (χ1n) is 10.7. The van der Waals surface area contributed by atoms with E-state index in [1.807, 2.05) is 19.2 Å². The predicted molar refractivity (Wildman–Crippen MR) is 127 cm³/mol. The molecule has 2 fully saturated rings. The second kappa shape index (κ2) is 12.7. The average Bonchev–Trinajstić information content (AvgIpc) is 2.73. The van der Waals surface area contributed by atoms with Gasteiger partial charge in [0.1, 0.15) is 5.82 Å². The molecule has 0 unspecified atom stereocenters. The summed E-state index contributed by atoms with van der Waals surface area (Å²) in [4.78, 5) is 9.20. The van der Waals surface area contributed by atoms with Crippen LogP contribution >= 0.6 is 24.0 Å². The number of rotatable bonds is 6. The number of nitrogens with zero attached hydrogens (tertiary/aromatic N) is 3. The van der Waals surface area contributed by atoms with Crippen molar-refractivity contribution in [3.63, 3.8) is 0 Å². The molecule has 0 spiro atoms. The van der Waals surface area contributed by atoms with Crippen LogP contribution in [0.1, 0.15) is 38.2 Å². The molecule has 1 aromatic rings. The van der Waals surface area contributed by atoms with Gasteiger partial charge in [-0.1, -0.05) is 18.2 Å². The molecule has 0 aliphatic carbocycles. The Morgan fingerprint density at radius 3 is 2.45 bits per heavy atom. The van der Waals surface area contributed by atoms with Crippen LogP contribution in [0.4, 0.5) is 4.39 Å². The molecule has 0 radical (unpaired) electrons. The molecule has 2 heterocycles. The largest absolute Gasteiger partial charge is 0.378 e. The number of halogens is 2. The summed E-state index contributed by atoms with van der Waals surface area (Å²) < 4.78 is 19.6. The molecule has 0 saturated carbocycles. The lowest BCUT2D eigenvalue weighted by atomic mass is 9.96. The zero-order valence-electron chi connectivity index (χ0n) is 17.8. The van der Waals surface area contributed by atoms with Crippen LogP contribution in [0.3, 0.4) is 0 Å². The first kappa shape index (κ1) is 24.3. The molecule has 29 heavy (non-hydrogen) atoms. The number of piperidine rings is 2. The fourth-order valence-corrected chi connectivity index (χ4v) is 4.25. The normalized spacial score (nSPS) is 19.8. The maximum atomic E-state index is 13.9. The standard InChI is InChI=1S/C22H35FN4O.HI/c1-3-28-20-10-14-27(15-11-20)22(24-2)25-16-18-8-12-26(13-9-18)17-19-6-4-5-7-21(19)23;/h4-7,18,20H,3,8-17H2,1-2H3,(H,24,25);1H. The van der Waals surface area contributed by atoms with Crippen molar-refractivity contribution < 1.29 is 9.13 Å². The lowest BCUT2D eigenvalue weighted by Crippen LogP contribution is -2.48. The van der Waals surface area contributed by atoms with E-state index in [1.165, 1.54) is 0 Å². The number of hydrogen-bond donors (Lipinski definition) is 1. The van der Waals surface area contributed by atoms with E-state index in [9.17, 15) is 4.39 Å². The zero-order chi connectivity index (χ0) is 19.8. The van der Waals surface area contributed by atoms with Gasteiger partial charge < -0.3 is 15.0 Å². The average molecular weight is 518 g/mol. The van der Waals surface area contributed by atoms with Gasteiger partial charge in [-0.15, -0.1) is 24.0 Å². The molecule has 7 heteroatoms. The van der Waals surface area contributed by atoms with E-state index in [1.54, 1.807) is 12.1 Å². The molecule has 5 nitrogen and oxygen atoms in total. The first-order valence-corrected chi connectivity index (χ1v) is 10.7. The van der Waals surface area contributed by atoms with Crippen molar-refractivity contribution in [1.82, 2.24) is 15.1 Å². The monoisotopic (exact) mass is 518 g/mol. The smallest absolute Gasteiger partial charge is 0.193 e. The SMILES string of the molecule is CCOC1CCN(C(=NC)NCC2CCN(Cc3ccccc3F)CC2)CC1.I. The summed E-state index contributed by atoms with van der Waals surface area (Å²) in [5.41, 5.74) is 0.801. The van der Waals surface area contributed by atoms with Gasteiger partial charge in [0.2, 0.25) is 0 Å². The van der Waals surface area contributed by atoms with Crippen LogP contribution in [-0.4, -0.2) is 68.2 Å². The van der Waals surface area contributed by atoms with E-state index in [2.05, 4.69) is 27.0 Å². The Balaban J connectivity index is 0.00000300. The van der Waals surface area contributed by atoms with Crippen molar-refractivity contribution in [3.05, 3.63) is 35.6 Å². The highest BCUT2D eigenvalue weighted by atomic mass is 127. The van der Waals surface area contributed by atoms with Crippen LogP contribution in [0, 0.1) is 11.7 Å². The third kappa shape index (κ3) is 7.36. The summed E-state index contributed by atoms with van der Waals surface area (Å²) in [5, 5.41) is 3.59. The molecule has 2 saturated heterocycles. The van der Waals surface area contributed by atoms with Gasteiger partial charge in [0.25, 0.3) is 0 Å². The van der Waals surface area contributed by atoms with Crippen LogP contribution in [0.5, 0.6) is 0 Å². The highest BCUT2D eigenvalue weighted by molar-refractivity contribution is 14.0. The van der Waals surface area contributed by atoms with Crippen molar-refractivity contribution in [2.75, 3.05) is 46.4 Å². The Labute approximate surface area is 192 Å². The predicted octanol–water partition coefficient (Wildman–Crippen LogP) is 3.73. The van der Waals surface area contributed by atoms with Crippen LogP contribution < -0.4 is 5.32 Å². The van der Waals surface area contributed by atoms with Crippen LogP contribution in [-0.2, 0) is 11.3 Å². The van der Waals surface area contributed by atoms with Gasteiger partial charge in [0, 0.05) is 45.4 Å². The van der Waals surface area contributed by atoms with Crippen LogP contribution in [0.2, 0.25) is 0 Å². The molecular weight excluding hydrogens is 482 g/mol. The summed E-state index contributed by atoms with van der Waals surface area (Å²) >= 11 is 0. The van der Waals surface area contributed by atoms with Crippen molar-refractivity contribution in [2.45, 2.75) is 45.3 Å². The van der Waals surface area contributed by atoms with E-state index in [0.29, 0.717) is 18.6 Å². The lowest BCUT2D eigenvalue weighted by Gasteiger charge is -2.36. The minimum Gasteiger partial charge on any atom is -0.378 e. The Bertz CT molecular complexity index is 629. The van der Waals surface area contributed by atoms with Gasteiger partial charge in [-0.2, -0.15) is 0 Å². The molecule has 164 valence electrons. The van der Waals surface area contributed by atoms with Crippen molar-refractivity contribution >= 4 is 29.9 Å². The van der Waals surface area contributed by atoms with Gasteiger partial charge in [0.05, 0.1) is 6.10 Å². The third-order valence-electron chi connectivity index (χ3n) is 5.96. The summed E-state index contributed by atoms with van der Waals surface area (Å²) in [6, 6.07) is 7.11.